The normalized spacial score (nSPS) is 10.5. The van der Waals surface area contributed by atoms with Crippen molar-refractivity contribution < 1.29 is 14.3 Å². The molecule has 0 atom stereocenters. The zero-order valence-corrected chi connectivity index (χ0v) is 12.1. The average molecular weight is 284 g/mol. The van der Waals surface area contributed by atoms with Crippen molar-refractivity contribution in [2.45, 2.75) is 13.3 Å². The van der Waals surface area contributed by atoms with E-state index in [1.807, 2.05) is 6.92 Å². The SMILES string of the molecule is CCCNC(=O)/C=C/c1cc(Cl)c(OC)c(OC)c1. The van der Waals surface area contributed by atoms with E-state index >= 15 is 0 Å². The Balaban J connectivity index is 2.87. The minimum atomic E-state index is -0.132. The smallest absolute Gasteiger partial charge is 0.243 e. The van der Waals surface area contributed by atoms with Crippen molar-refractivity contribution in [1.82, 2.24) is 5.32 Å². The molecule has 0 aliphatic carbocycles. The molecule has 0 bridgehead atoms. The molecule has 1 rings (SSSR count). The molecule has 0 aromatic heterocycles. The van der Waals surface area contributed by atoms with Crippen molar-refractivity contribution in [3.8, 4) is 11.5 Å². The number of hydrogen-bond acceptors (Lipinski definition) is 3. The van der Waals surface area contributed by atoms with Gasteiger partial charge in [-0.05, 0) is 30.2 Å². The number of halogens is 1. The van der Waals surface area contributed by atoms with Crippen LogP contribution in [0.4, 0.5) is 0 Å². The first kappa shape index (κ1) is 15.4. The summed E-state index contributed by atoms with van der Waals surface area (Å²) in [5.41, 5.74) is 0.772. The van der Waals surface area contributed by atoms with Gasteiger partial charge in [0.25, 0.3) is 0 Å². The summed E-state index contributed by atoms with van der Waals surface area (Å²) in [6, 6.07) is 3.47. The van der Waals surface area contributed by atoms with Gasteiger partial charge in [-0.2, -0.15) is 0 Å². The molecule has 0 heterocycles. The van der Waals surface area contributed by atoms with Crippen LogP contribution in [-0.4, -0.2) is 26.7 Å². The van der Waals surface area contributed by atoms with Gasteiger partial charge in [0.15, 0.2) is 11.5 Å². The maximum Gasteiger partial charge on any atom is 0.243 e. The monoisotopic (exact) mass is 283 g/mol. The molecular formula is C14H18ClNO3. The number of amides is 1. The number of methoxy groups -OCH3 is 2. The maximum atomic E-state index is 11.5. The van der Waals surface area contributed by atoms with Crippen LogP contribution in [0.3, 0.4) is 0 Å². The lowest BCUT2D eigenvalue weighted by molar-refractivity contribution is -0.116. The second-order valence-electron chi connectivity index (χ2n) is 3.86. The first-order valence-corrected chi connectivity index (χ1v) is 6.37. The van der Waals surface area contributed by atoms with E-state index in [2.05, 4.69) is 5.32 Å². The van der Waals surface area contributed by atoms with Crippen LogP contribution in [0.1, 0.15) is 18.9 Å². The van der Waals surface area contributed by atoms with Crippen molar-refractivity contribution >= 4 is 23.6 Å². The topological polar surface area (TPSA) is 47.6 Å². The van der Waals surface area contributed by atoms with Crippen molar-refractivity contribution in [2.24, 2.45) is 0 Å². The van der Waals surface area contributed by atoms with E-state index in [-0.39, 0.29) is 5.91 Å². The Kier molecular flexibility index (Phi) is 6.22. The Hall–Kier alpha value is -1.68. The average Bonchev–Trinajstić information content (AvgIpc) is 2.42. The second kappa shape index (κ2) is 7.69. The summed E-state index contributed by atoms with van der Waals surface area (Å²) in [5.74, 6) is 0.883. The Bertz CT molecular complexity index is 472. The number of carbonyl (C=O) groups is 1. The standard InChI is InChI=1S/C14H18ClNO3/c1-4-7-16-13(17)6-5-10-8-11(15)14(19-3)12(9-10)18-2/h5-6,8-9H,4,7H2,1-3H3,(H,16,17)/b6-5+. The molecule has 0 radical (unpaired) electrons. The fourth-order valence-corrected chi connectivity index (χ4v) is 1.81. The van der Waals surface area contributed by atoms with Crippen molar-refractivity contribution in [3.05, 3.63) is 28.8 Å². The van der Waals surface area contributed by atoms with Crippen LogP contribution in [0, 0.1) is 0 Å². The van der Waals surface area contributed by atoms with Gasteiger partial charge >= 0.3 is 0 Å². The third-order valence-corrected chi connectivity index (χ3v) is 2.71. The van der Waals surface area contributed by atoms with Crippen LogP contribution < -0.4 is 14.8 Å². The highest BCUT2D eigenvalue weighted by molar-refractivity contribution is 6.32. The first-order chi connectivity index (χ1) is 9.12. The summed E-state index contributed by atoms with van der Waals surface area (Å²) in [7, 11) is 3.06. The number of benzene rings is 1. The Labute approximate surface area is 118 Å². The third-order valence-electron chi connectivity index (χ3n) is 2.43. The lowest BCUT2D eigenvalue weighted by Crippen LogP contribution is -2.21. The van der Waals surface area contributed by atoms with Gasteiger partial charge in [0.2, 0.25) is 5.91 Å². The molecule has 0 aliphatic heterocycles. The van der Waals surface area contributed by atoms with E-state index in [1.165, 1.54) is 20.3 Å². The lowest BCUT2D eigenvalue weighted by atomic mass is 10.2. The van der Waals surface area contributed by atoms with Crippen molar-refractivity contribution in [1.29, 1.82) is 0 Å². The predicted molar refractivity (Wildman–Crippen MR) is 76.9 cm³/mol. The Morgan fingerprint density at radius 2 is 2.11 bits per heavy atom. The van der Waals surface area contributed by atoms with Gasteiger partial charge in [-0.1, -0.05) is 18.5 Å². The fourth-order valence-electron chi connectivity index (χ4n) is 1.51. The predicted octanol–water partition coefficient (Wildman–Crippen LogP) is 2.90. The summed E-state index contributed by atoms with van der Waals surface area (Å²) in [6.07, 6.45) is 4.05. The van der Waals surface area contributed by atoms with Crippen molar-refractivity contribution in [2.75, 3.05) is 20.8 Å². The number of hydrogen-bond donors (Lipinski definition) is 1. The molecule has 19 heavy (non-hydrogen) atoms. The molecule has 4 nitrogen and oxygen atoms in total. The largest absolute Gasteiger partial charge is 0.493 e. The van der Waals surface area contributed by atoms with Gasteiger partial charge in [0.05, 0.1) is 19.2 Å². The molecular weight excluding hydrogens is 266 g/mol. The summed E-state index contributed by atoms with van der Waals surface area (Å²) < 4.78 is 10.3. The molecule has 0 saturated carbocycles. The molecule has 1 amide bonds. The summed E-state index contributed by atoms with van der Waals surface area (Å²) >= 11 is 6.07. The van der Waals surface area contributed by atoms with E-state index in [0.717, 1.165) is 12.0 Å². The first-order valence-electron chi connectivity index (χ1n) is 5.99. The molecule has 1 aromatic carbocycles. The second-order valence-corrected chi connectivity index (χ2v) is 4.27. The Morgan fingerprint density at radius 3 is 2.68 bits per heavy atom. The summed E-state index contributed by atoms with van der Waals surface area (Å²) in [6.45, 7) is 2.66. The molecule has 0 aliphatic rings. The molecule has 5 heteroatoms. The van der Waals surface area contributed by atoms with Gasteiger partial charge in [-0.15, -0.1) is 0 Å². The van der Waals surface area contributed by atoms with Crippen LogP contribution in [0.15, 0.2) is 18.2 Å². The number of rotatable bonds is 6. The van der Waals surface area contributed by atoms with Crippen LogP contribution in [0.2, 0.25) is 5.02 Å². The van der Waals surface area contributed by atoms with E-state index in [4.69, 9.17) is 21.1 Å². The van der Waals surface area contributed by atoms with Gasteiger partial charge in [-0.25, -0.2) is 0 Å². The lowest BCUT2D eigenvalue weighted by Gasteiger charge is -2.10. The van der Waals surface area contributed by atoms with E-state index in [0.29, 0.717) is 23.1 Å². The highest BCUT2D eigenvalue weighted by Gasteiger charge is 2.09. The minimum absolute atomic E-state index is 0.132. The number of nitrogens with one attached hydrogen (secondary N) is 1. The highest BCUT2D eigenvalue weighted by atomic mass is 35.5. The molecule has 0 saturated heterocycles. The highest BCUT2D eigenvalue weighted by Crippen LogP contribution is 2.36. The van der Waals surface area contributed by atoms with Gasteiger partial charge in [-0.3, -0.25) is 4.79 Å². The van der Waals surface area contributed by atoms with Crippen LogP contribution in [0.5, 0.6) is 11.5 Å². The van der Waals surface area contributed by atoms with Crippen molar-refractivity contribution in [3.63, 3.8) is 0 Å². The Morgan fingerprint density at radius 1 is 1.37 bits per heavy atom. The fraction of sp³-hybridized carbons (Fsp3) is 0.357. The molecule has 1 aromatic rings. The number of ether oxygens (including phenoxy) is 2. The van der Waals surface area contributed by atoms with Gasteiger partial charge < -0.3 is 14.8 Å². The van der Waals surface area contributed by atoms with Gasteiger partial charge in [0.1, 0.15) is 0 Å². The van der Waals surface area contributed by atoms with E-state index in [1.54, 1.807) is 18.2 Å². The van der Waals surface area contributed by atoms with E-state index < -0.39 is 0 Å². The van der Waals surface area contributed by atoms with Crippen LogP contribution >= 0.6 is 11.6 Å². The quantitative estimate of drug-likeness (QED) is 0.817. The minimum Gasteiger partial charge on any atom is -0.493 e. The van der Waals surface area contributed by atoms with E-state index in [9.17, 15) is 4.79 Å². The van der Waals surface area contributed by atoms with Crippen LogP contribution in [-0.2, 0) is 4.79 Å². The summed E-state index contributed by atoms with van der Waals surface area (Å²) in [4.78, 5) is 11.5. The van der Waals surface area contributed by atoms with Crippen LogP contribution in [0.25, 0.3) is 6.08 Å². The zero-order valence-electron chi connectivity index (χ0n) is 11.3. The third kappa shape index (κ3) is 4.48. The zero-order chi connectivity index (χ0) is 14.3. The molecule has 104 valence electrons. The molecule has 1 N–H and O–H groups in total. The van der Waals surface area contributed by atoms with Gasteiger partial charge in [0, 0.05) is 12.6 Å². The molecule has 0 spiro atoms. The summed E-state index contributed by atoms with van der Waals surface area (Å²) in [5, 5.41) is 3.19. The molecule has 0 fully saturated rings. The molecule has 0 unspecified atom stereocenters. The number of carbonyl (C=O) groups excluding carboxylic acids is 1. The maximum absolute atomic E-state index is 11.5.